The van der Waals surface area contributed by atoms with Gasteiger partial charge in [0.1, 0.15) is 5.75 Å². The minimum atomic E-state index is -0.905. The average molecular weight is 332 g/mol. The summed E-state index contributed by atoms with van der Waals surface area (Å²) in [7, 11) is 0. The number of aliphatic carboxylic acids is 1. The van der Waals surface area contributed by atoms with Crippen LogP contribution in [0.5, 0.6) is 17.2 Å². The first kappa shape index (κ1) is 15.6. The van der Waals surface area contributed by atoms with Gasteiger partial charge in [-0.1, -0.05) is 19.3 Å². The lowest BCUT2D eigenvalue weighted by Gasteiger charge is -2.39. The van der Waals surface area contributed by atoms with Crippen LogP contribution < -0.4 is 9.47 Å². The van der Waals surface area contributed by atoms with Gasteiger partial charge in [-0.2, -0.15) is 0 Å². The summed E-state index contributed by atoms with van der Waals surface area (Å²) in [5.41, 5.74) is 1.50. The number of carbonyl (C=O) groups is 1. The summed E-state index contributed by atoms with van der Waals surface area (Å²) in [5.74, 6) is 0.538. The monoisotopic (exact) mass is 332 g/mol. The van der Waals surface area contributed by atoms with Crippen molar-refractivity contribution in [3.05, 3.63) is 16.7 Å². The summed E-state index contributed by atoms with van der Waals surface area (Å²) in [6.07, 6.45) is 7.30. The molecule has 24 heavy (non-hydrogen) atoms. The number of phenolic OH excluding ortho intramolecular Hbond substituents is 1. The Labute approximate surface area is 141 Å². The number of hydrogen-bond acceptors (Lipinski definition) is 4. The van der Waals surface area contributed by atoms with Crippen LogP contribution in [0.1, 0.15) is 61.6 Å². The number of fused-ring (bicyclic) bond motifs is 2. The molecule has 1 aliphatic carbocycles. The van der Waals surface area contributed by atoms with Gasteiger partial charge in [-0.05, 0) is 38.5 Å². The third-order valence-electron chi connectivity index (χ3n) is 5.81. The Hall–Kier alpha value is -1.91. The van der Waals surface area contributed by atoms with Crippen LogP contribution in [0, 0.1) is 0 Å². The van der Waals surface area contributed by atoms with Crippen LogP contribution in [0.15, 0.2) is 0 Å². The van der Waals surface area contributed by atoms with Gasteiger partial charge in [-0.25, -0.2) is 0 Å². The van der Waals surface area contributed by atoms with Gasteiger partial charge in [0.15, 0.2) is 11.5 Å². The van der Waals surface area contributed by atoms with Crippen molar-refractivity contribution in [3.8, 4) is 17.2 Å². The summed E-state index contributed by atoms with van der Waals surface area (Å²) in [6, 6.07) is 0. The fourth-order valence-electron chi connectivity index (χ4n) is 4.65. The molecule has 0 unspecified atom stereocenters. The largest absolute Gasteiger partial charge is 0.504 e. The summed E-state index contributed by atoms with van der Waals surface area (Å²) >= 11 is 0. The first-order chi connectivity index (χ1) is 11.6. The SMILES string of the molecule is O=C(O)C1(c2c3c(c(O)c4c2OCCC4)OCCC3)CCCCC1. The lowest BCUT2D eigenvalue weighted by atomic mass is 9.66. The van der Waals surface area contributed by atoms with Crippen LogP contribution in [-0.2, 0) is 23.1 Å². The van der Waals surface area contributed by atoms with E-state index in [9.17, 15) is 15.0 Å². The fraction of sp³-hybridized carbons (Fsp3) is 0.632. The zero-order valence-corrected chi connectivity index (χ0v) is 13.9. The quantitative estimate of drug-likeness (QED) is 0.869. The molecule has 1 aromatic carbocycles. The second kappa shape index (κ2) is 5.87. The minimum absolute atomic E-state index is 0.166. The van der Waals surface area contributed by atoms with Crippen molar-refractivity contribution in [2.45, 2.75) is 63.2 Å². The molecule has 5 nitrogen and oxygen atoms in total. The normalized spacial score (nSPS) is 21.8. The Balaban J connectivity index is 2.01. The van der Waals surface area contributed by atoms with Gasteiger partial charge in [0.05, 0.1) is 18.6 Å². The zero-order chi connectivity index (χ0) is 16.7. The number of aromatic hydroxyl groups is 1. The molecule has 130 valence electrons. The Morgan fingerprint density at radius 2 is 1.50 bits per heavy atom. The zero-order valence-electron chi connectivity index (χ0n) is 13.9. The molecule has 0 bridgehead atoms. The van der Waals surface area contributed by atoms with Crippen LogP contribution in [0.25, 0.3) is 0 Å². The van der Waals surface area contributed by atoms with E-state index in [0.29, 0.717) is 44.0 Å². The van der Waals surface area contributed by atoms with E-state index >= 15 is 0 Å². The molecule has 2 heterocycles. The van der Waals surface area contributed by atoms with E-state index in [0.717, 1.165) is 55.2 Å². The van der Waals surface area contributed by atoms with Gasteiger partial charge in [0.2, 0.25) is 0 Å². The lowest BCUT2D eigenvalue weighted by Crippen LogP contribution is -2.40. The van der Waals surface area contributed by atoms with Gasteiger partial charge in [0.25, 0.3) is 0 Å². The van der Waals surface area contributed by atoms with E-state index in [1.807, 2.05) is 0 Å². The van der Waals surface area contributed by atoms with Crippen molar-refractivity contribution >= 4 is 5.97 Å². The molecule has 5 heteroatoms. The molecular formula is C19H24O5. The first-order valence-corrected chi connectivity index (χ1v) is 9.05. The van der Waals surface area contributed by atoms with E-state index in [2.05, 4.69) is 0 Å². The third kappa shape index (κ3) is 2.17. The Morgan fingerprint density at radius 3 is 2.17 bits per heavy atom. The number of phenols is 1. The number of carboxylic acid groups (broad SMARTS) is 1. The molecule has 0 amide bonds. The van der Waals surface area contributed by atoms with Crippen molar-refractivity contribution in [2.24, 2.45) is 0 Å². The summed E-state index contributed by atoms with van der Waals surface area (Å²) < 4.78 is 11.7. The van der Waals surface area contributed by atoms with Crippen LogP contribution in [0.2, 0.25) is 0 Å². The maximum atomic E-state index is 12.4. The Morgan fingerprint density at radius 1 is 0.875 bits per heavy atom. The first-order valence-electron chi connectivity index (χ1n) is 9.05. The highest BCUT2D eigenvalue weighted by atomic mass is 16.5. The fourth-order valence-corrected chi connectivity index (χ4v) is 4.65. The Bertz CT molecular complexity index is 636. The van der Waals surface area contributed by atoms with Crippen LogP contribution >= 0.6 is 0 Å². The molecule has 1 fully saturated rings. The van der Waals surface area contributed by atoms with E-state index in [-0.39, 0.29) is 5.75 Å². The Kier molecular flexibility index (Phi) is 3.82. The number of rotatable bonds is 2. The predicted molar refractivity (Wildman–Crippen MR) is 88.1 cm³/mol. The van der Waals surface area contributed by atoms with Gasteiger partial charge in [0, 0.05) is 16.7 Å². The molecule has 2 N–H and O–H groups in total. The van der Waals surface area contributed by atoms with Crippen LogP contribution in [-0.4, -0.2) is 29.4 Å². The van der Waals surface area contributed by atoms with Crippen molar-refractivity contribution in [3.63, 3.8) is 0 Å². The maximum Gasteiger partial charge on any atom is 0.314 e. The van der Waals surface area contributed by atoms with Gasteiger partial charge in [-0.3, -0.25) is 4.79 Å². The molecule has 0 saturated heterocycles. The molecule has 3 aliphatic rings. The van der Waals surface area contributed by atoms with Crippen molar-refractivity contribution < 1.29 is 24.5 Å². The molecule has 1 aromatic rings. The number of ether oxygens (including phenoxy) is 2. The van der Waals surface area contributed by atoms with Crippen molar-refractivity contribution in [1.29, 1.82) is 0 Å². The number of benzene rings is 1. The average Bonchev–Trinajstić information content (AvgIpc) is 2.63. The highest BCUT2D eigenvalue weighted by Gasteiger charge is 2.47. The van der Waals surface area contributed by atoms with E-state index < -0.39 is 11.4 Å². The maximum absolute atomic E-state index is 12.4. The number of hydrogen-bond donors (Lipinski definition) is 2. The van der Waals surface area contributed by atoms with Gasteiger partial charge >= 0.3 is 5.97 Å². The molecule has 2 aliphatic heterocycles. The standard InChI is InChI=1S/C19H24O5/c20-15-13-7-5-10-23-16(13)14(12-6-4-11-24-17(12)15)19(18(21)22)8-2-1-3-9-19/h20H,1-11H2,(H,21,22). The highest BCUT2D eigenvalue weighted by Crippen LogP contribution is 2.54. The van der Waals surface area contributed by atoms with Crippen molar-refractivity contribution in [2.75, 3.05) is 13.2 Å². The van der Waals surface area contributed by atoms with E-state index in [1.54, 1.807) is 0 Å². The van der Waals surface area contributed by atoms with Gasteiger partial charge in [-0.15, -0.1) is 0 Å². The smallest absolute Gasteiger partial charge is 0.314 e. The molecule has 0 atom stereocenters. The lowest BCUT2D eigenvalue weighted by molar-refractivity contribution is -0.145. The minimum Gasteiger partial charge on any atom is -0.504 e. The highest BCUT2D eigenvalue weighted by molar-refractivity contribution is 5.85. The molecule has 0 spiro atoms. The van der Waals surface area contributed by atoms with E-state index in [4.69, 9.17) is 9.47 Å². The predicted octanol–water partition coefficient (Wildman–Crippen LogP) is 3.33. The molecule has 0 aromatic heterocycles. The molecule has 4 rings (SSSR count). The number of carboxylic acids is 1. The molecule has 1 saturated carbocycles. The molecular weight excluding hydrogens is 308 g/mol. The summed E-state index contributed by atoms with van der Waals surface area (Å²) in [4.78, 5) is 12.4. The topological polar surface area (TPSA) is 76.0 Å². The summed E-state index contributed by atoms with van der Waals surface area (Å²) in [6.45, 7) is 1.15. The second-order valence-electron chi connectivity index (χ2n) is 7.19. The second-order valence-corrected chi connectivity index (χ2v) is 7.19. The molecule has 0 radical (unpaired) electrons. The van der Waals surface area contributed by atoms with Crippen LogP contribution in [0.4, 0.5) is 0 Å². The third-order valence-corrected chi connectivity index (χ3v) is 5.81. The van der Waals surface area contributed by atoms with Crippen molar-refractivity contribution in [1.82, 2.24) is 0 Å². The van der Waals surface area contributed by atoms with Gasteiger partial charge < -0.3 is 19.7 Å². The van der Waals surface area contributed by atoms with E-state index in [1.165, 1.54) is 0 Å². The summed E-state index contributed by atoms with van der Waals surface area (Å²) in [5, 5.41) is 20.8. The van der Waals surface area contributed by atoms with Crippen LogP contribution in [0.3, 0.4) is 0 Å².